The minimum atomic E-state index is -1.17. The van der Waals surface area contributed by atoms with Gasteiger partial charge >= 0.3 is 5.97 Å². The molecule has 1 aromatic heterocycles. The standard InChI is InChI=1S/C23H28N2O4/c1-4-15-13-25-10-8-16(15)11-21(25)22(29-23(27)14(2)26)18-7-9-24-20-6-5-17(28-3)12-19(18)20/h4-7,9,12,14-16,21-22,26H,1,8,10-11,13H2,2-3H3. The van der Waals surface area contributed by atoms with E-state index < -0.39 is 18.2 Å². The fourth-order valence-electron chi connectivity index (χ4n) is 4.79. The van der Waals surface area contributed by atoms with Crippen molar-refractivity contribution in [1.29, 1.82) is 0 Å². The molecule has 0 spiro atoms. The van der Waals surface area contributed by atoms with Crippen LogP contribution in [0.3, 0.4) is 0 Å². The summed E-state index contributed by atoms with van der Waals surface area (Å²) in [6.45, 7) is 7.34. The molecular formula is C23H28N2O4. The van der Waals surface area contributed by atoms with E-state index in [0.717, 1.165) is 48.1 Å². The molecule has 6 atom stereocenters. The Hall–Kier alpha value is -2.44. The molecule has 3 aliphatic heterocycles. The number of nitrogens with zero attached hydrogens (tertiary/aromatic N) is 2. The van der Waals surface area contributed by atoms with Gasteiger partial charge in [-0.3, -0.25) is 9.88 Å². The van der Waals surface area contributed by atoms with Gasteiger partial charge in [0.25, 0.3) is 0 Å². The zero-order valence-corrected chi connectivity index (χ0v) is 17.0. The van der Waals surface area contributed by atoms with E-state index in [-0.39, 0.29) is 6.04 Å². The van der Waals surface area contributed by atoms with Crippen LogP contribution in [0, 0.1) is 11.8 Å². The van der Waals surface area contributed by atoms with Gasteiger partial charge in [0.1, 0.15) is 18.0 Å². The van der Waals surface area contributed by atoms with Gasteiger partial charge in [-0.15, -0.1) is 6.58 Å². The van der Waals surface area contributed by atoms with Crippen molar-refractivity contribution in [3.63, 3.8) is 0 Å². The molecule has 1 N–H and O–H groups in total. The summed E-state index contributed by atoms with van der Waals surface area (Å²) >= 11 is 0. The minimum absolute atomic E-state index is 0.0597. The number of ether oxygens (including phenoxy) is 2. The quantitative estimate of drug-likeness (QED) is 0.598. The van der Waals surface area contributed by atoms with Crippen molar-refractivity contribution in [3.8, 4) is 5.75 Å². The Morgan fingerprint density at radius 2 is 2.24 bits per heavy atom. The number of rotatable bonds is 6. The normalized spacial score (nSPS) is 28.0. The number of carbonyl (C=O) groups excluding carboxylic acids is 1. The van der Waals surface area contributed by atoms with E-state index in [1.54, 1.807) is 13.3 Å². The Bertz CT molecular complexity index is 913. The molecule has 0 aliphatic carbocycles. The Labute approximate surface area is 171 Å². The highest BCUT2D eigenvalue weighted by atomic mass is 16.6. The second-order valence-corrected chi connectivity index (χ2v) is 8.06. The van der Waals surface area contributed by atoms with Gasteiger partial charge in [0, 0.05) is 23.7 Å². The molecule has 0 amide bonds. The molecule has 6 unspecified atom stereocenters. The molecule has 0 radical (unpaired) electrons. The van der Waals surface area contributed by atoms with Crippen LogP contribution in [-0.2, 0) is 9.53 Å². The Kier molecular flexibility index (Phi) is 5.56. The summed E-state index contributed by atoms with van der Waals surface area (Å²) in [5.74, 6) is 1.13. The predicted octanol–water partition coefficient (Wildman–Crippen LogP) is 3.10. The van der Waals surface area contributed by atoms with Gasteiger partial charge in [-0.05, 0) is 62.4 Å². The van der Waals surface area contributed by atoms with Gasteiger partial charge in [-0.1, -0.05) is 6.08 Å². The lowest BCUT2D eigenvalue weighted by Gasteiger charge is -2.51. The maximum Gasteiger partial charge on any atom is 0.335 e. The third kappa shape index (κ3) is 3.74. The number of aromatic nitrogens is 1. The number of hydrogen-bond acceptors (Lipinski definition) is 6. The fraction of sp³-hybridized carbons (Fsp3) is 0.478. The largest absolute Gasteiger partial charge is 0.497 e. The van der Waals surface area contributed by atoms with E-state index >= 15 is 0 Å². The fourth-order valence-corrected chi connectivity index (χ4v) is 4.79. The van der Waals surface area contributed by atoms with Crippen LogP contribution in [0.5, 0.6) is 5.75 Å². The van der Waals surface area contributed by atoms with Crippen molar-refractivity contribution < 1.29 is 19.4 Å². The van der Waals surface area contributed by atoms with E-state index in [0.29, 0.717) is 11.8 Å². The van der Waals surface area contributed by atoms with Crippen molar-refractivity contribution in [3.05, 3.63) is 48.7 Å². The Balaban J connectivity index is 1.77. The first kappa shape index (κ1) is 19.9. The molecule has 2 aromatic rings. The smallest absolute Gasteiger partial charge is 0.335 e. The number of carbonyl (C=O) groups is 1. The number of hydrogen-bond donors (Lipinski definition) is 1. The van der Waals surface area contributed by atoms with E-state index in [2.05, 4.69) is 22.5 Å². The summed E-state index contributed by atoms with van der Waals surface area (Å²) in [6, 6.07) is 7.69. The van der Waals surface area contributed by atoms with Crippen LogP contribution in [-0.4, -0.2) is 53.3 Å². The predicted molar refractivity (Wildman–Crippen MR) is 111 cm³/mol. The van der Waals surface area contributed by atoms with Crippen molar-refractivity contribution >= 4 is 16.9 Å². The van der Waals surface area contributed by atoms with Crippen LogP contribution >= 0.6 is 0 Å². The monoisotopic (exact) mass is 396 g/mol. The van der Waals surface area contributed by atoms with E-state index in [1.165, 1.54) is 6.92 Å². The molecule has 6 nitrogen and oxygen atoms in total. The third-order valence-electron chi connectivity index (χ3n) is 6.38. The van der Waals surface area contributed by atoms with Crippen LogP contribution in [0.2, 0.25) is 0 Å². The lowest BCUT2D eigenvalue weighted by atomic mass is 9.73. The summed E-state index contributed by atoms with van der Waals surface area (Å²) in [6.07, 6.45) is 4.21. The van der Waals surface area contributed by atoms with Crippen LogP contribution in [0.1, 0.15) is 31.4 Å². The van der Waals surface area contributed by atoms with Crippen molar-refractivity contribution in [2.24, 2.45) is 11.8 Å². The summed E-state index contributed by atoms with van der Waals surface area (Å²) in [7, 11) is 1.63. The SMILES string of the molecule is C=CC1CN2CCC1CC2C(OC(=O)C(C)O)c1ccnc2ccc(OC)cc12. The number of esters is 1. The minimum Gasteiger partial charge on any atom is -0.497 e. The first-order valence-corrected chi connectivity index (χ1v) is 10.2. The zero-order chi connectivity index (χ0) is 20.5. The van der Waals surface area contributed by atoms with Crippen molar-refractivity contribution in [1.82, 2.24) is 9.88 Å². The van der Waals surface area contributed by atoms with Gasteiger partial charge in [0.15, 0.2) is 0 Å². The molecule has 3 aliphatic rings. The number of methoxy groups -OCH3 is 1. The second-order valence-electron chi connectivity index (χ2n) is 8.06. The molecule has 2 bridgehead atoms. The topological polar surface area (TPSA) is 71.9 Å². The zero-order valence-electron chi connectivity index (χ0n) is 17.0. The van der Waals surface area contributed by atoms with Gasteiger partial charge in [0.05, 0.1) is 18.7 Å². The maximum absolute atomic E-state index is 12.4. The second kappa shape index (κ2) is 8.13. The van der Waals surface area contributed by atoms with Gasteiger partial charge < -0.3 is 14.6 Å². The van der Waals surface area contributed by atoms with Gasteiger partial charge in [-0.25, -0.2) is 4.79 Å². The van der Waals surface area contributed by atoms with Crippen molar-refractivity contribution in [2.45, 2.75) is 38.0 Å². The summed E-state index contributed by atoms with van der Waals surface area (Å²) in [5, 5.41) is 10.7. The lowest BCUT2D eigenvalue weighted by molar-refractivity contribution is -0.166. The highest BCUT2D eigenvalue weighted by Gasteiger charge is 2.44. The number of aliphatic hydroxyl groups excluding tert-OH is 1. The van der Waals surface area contributed by atoms with E-state index in [1.807, 2.05) is 24.3 Å². The molecule has 6 heteroatoms. The molecular weight excluding hydrogens is 368 g/mol. The summed E-state index contributed by atoms with van der Waals surface area (Å²) < 4.78 is 11.3. The van der Waals surface area contributed by atoms with E-state index in [9.17, 15) is 9.90 Å². The maximum atomic E-state index is 12.4. The van der Waals surface area contributed by atoms with Gasteiger partial charge in [0.2, 0.25) is 0 Å². The van der Waals surface area contributed by atoms with Gasteiger partial charge in [-0.2, -0.15) is 0 Å². The molecule has 29 heavy (non-hydrogen) atoms. The molecule has 1 aromatic carbocycles. The average Bonchev–Trinajstić information content (AvgIpc) is 2.76. The first-order chi connectivity index (χ1) is 14.0. The number of benzene rings is 1. The lowest BCUT2D eigenvalue weighted by Crippen LogP contribution is -2.55. The highest BCUT2D eigenvalue weighted by Crippen LogP contribution is 2.43. The van der Waals surface area contributed by atoms with Crippen LogP contribution in [0.15, 0.2) is 43.1 Å². The average molecular weight is 396 g/mol. The molecule has 3 saturated heterocycles. The Morgan fingerprint density at radius 1 is 1.41 bits per heavy atom. The molecule has 154 valence electrons. The number of aliphatic hydroxyl groups is 1. The summed E-state index contributed by atoms with van der Waals surface area (Å²) in [5.41, 5.74) is 1.72. The molecule has 5 rings (SSSR count). The number of fused-ring (bicyclic) bond motifs is 4. The molecule has 3 fully saturated rings. The number of pyridine rings is 1. The Morgan fingerprint density at radius 3 is 2.90 bits per heavy atom. The van der Waals surface area contributed by atoms with Crippen molar-refractivity contribution in [2.75, 3.05) is 20.2 Å². The highest BCUT2D eigenvalue weighted by molar-refractivity contribution is 5.84. The summed E-state index contributed by atoms with van der Waals surface area (Å²) in [4.78, 5) is 19.3. The van der Waals surface area contributed by atoms with Crippen LogP contribution in [0.4, 0.5) is 0 Å². The van der Waals surface area contributed by atoms with Crippen LogP contribution < -0.4 is 4.74 Å². The molecule has 0 saturated carbocycles. The molecule has 4 heterocycles. The van der Waals surface area contributed by atoms with E-state index in [4.69, 9.17) is 9.47 Å². The first-order valence-electron chi connectivity index (χ1n) is 10.2. The number of piperidine rings is 3. The van der Waals surface area contributed by atoms with Crippen LogP contribution in [0.25, 0.3) is 10.9 Å². The third-order valence-corrected chi connectivity index (χ3v) is 6.38.